The fourth-order valence-corrected chi connectivity index (χ4v) is 8.16. The topological polar surface area (TPSA) is 35.5 Å². The van der Waals surface area contributed by atoms with Crippen molar-refractivity contribution >= 4 is 17.7 Å². The summed E-state index contributed by atoms with van der Waals surface area (Å²) in [5.74, 6) is 1.13. The molecule has 2 aromatic carbocycles. The van der Waals surface area contributed by atoms with E-state index >= 15 is 0 Å². The minimum absolute atomic E-state index is 0.0346. The first-order chi connectivity index (χ1) is 16.2. The molecule has 2 aromatic rings. The van der Waals surface area contributed by atoms with Gasteiger partial charge in [-0.25, -0.2) is 4.79 Å². The number of ether oxygens (including phenoxy) is 2. The van der Waals surface area contributed by atoms with Crippen molar-refractivity contribution in [2.45, 2.75) is 62.8 Å². The van der Waals surface area contributed by atoms with Crippen molar-refractivity contribution in [3.63, 3.8) is 0 Å². The van der Waals surface area contributed by atoms with E-state index in [1.54, 1.807) is 11.8 Å². The molecule has 4 unspecified atom stereocenters. The lowest BCUT2D eigenvalue weighted by Gasteiger charge is -2.80. The summed E-state index contributed by atoms with van der Waals surface area (Å²) in [5.41, 5.74) is 0.688. The monoisotopic (exact) mass is 464 g/mol. The maximum absolute atomic E-state index is 14.2. The minimum atomic E-state index is -1.24. The summed E-state index contributed by atoms with van der Waals surface area (Å²) in [4.78, 5) is 14.2. The number of fused-ring (bicyclic) bond motifs is 2. The maximum Gasteiger partial charge on any atom is 0.348 e. The van der Waals surface area contributed by atoms with Gasteiger partial charge in [0.05, 0.1) is 19.0 Å². The van der Waals surface area contributed by atoms with E-state index in [9.17, 15) is 4.79 Å². The standard InChI is InChI=1S/C28H34NO3S/c1-2-33-20-31-28(21-11-5-3-6-12-21,22-13-7-4-8-14-22)26(30)32-25-19-24-27(25)16-15-23(27)29(24)17-9-10-18-29/h3-8,11-14,23-25H,2,9-10,15-20H2,1H3/q+1. The lowest BCUT2D eigenvalue weighted by atomic mass is 9.39. The molecule has 0 radical (unpaired) electrons. The molecule has 4 nitrogen and oxygen atoms in total. The van der Waals surface area contributed by atoms with Crippen LogP contribution in [0, 0.1) is 5.41 Å². The van der Waals surface area contributed by atoms with Gasteiger partial charge in [-0.3, -0.25) is 0 Å². The van der Waals surface area contributed by atoms with Crippen molar-refractivity contribution in [1.29, 1.82) is 0 Å². The first-order valence-electron chi connectivity index (χ1n) is 12.6. The Morgan fingerprint density at radius 1 is 1.03 bits per heavy atom. The average Bonchev–Trinajstić information content (AvgIpc) is 3.30. The van der Waals surface area contributed by atoms with Gasteiger partial charge in [-0.05, 0) is 23.3 Å². The van der Waals surface area contributed by atoms with E-state index in [0.29, 0.717) is 5.94 Å². The molecular formula is C28H34NO3S+. The van der Waals surface area contributed by atoms with Crippen LogP contribution >= 0.6 is 11.8 Å². The molecule has 2 aliphatic heterocycles. The van der Waals surface area contributed by atoms with E-state index in [1.165, 1.54) is 43.3 Å². The Morgan fingerprint density at radius 3 is 2.18 bits per heavy atom. The van der Waals surface area contributed by atoms with Gasteiger partial charge >= 0.3 is 5.97 Å². The van der Waals surface area contributed by atoms with Crippen molar-refractivity contribution in [3.8, 4) is 0 Å². The van der Waals surface area contributed by atoms with E-state index in [4.69, 9.17) is 9.47 Å². The van der Waals surface area contributed by atoms with E-state index in [1.807, 2.05) is 60.7 Å². The van der Waals surface area contributed by atoms with Gasteiger partial charge in [0.15, 0.2) is 0 Å². The van der Waals surface area contributed by atoms with Crippen LogP contribution in [0.15, 0.2) is 60.7 Å². The van der Waals surface area contributed by atoms with Crippen LogP contribution in [0.3, 0.4) is 0 Å². The molecule has 2 saturated heterocycles. The second-order valence-electron chi connectivity index (χ2n) is 10.2. The number of hydrogen-bond donors (Lipinski definition) is 0. The molecule has 6 rings (SSSR count). The van der Waals surface area contributed by atoms with Crippen LogP contribution in [-0.2, 0) is 19.9 Å². The van der Waals surface area contributed by atoms with Crippen LogP contribution in [0.1, 0.15) is 50.2 Å². The second-order valence-corrected chi connectivity index (χ2v) is 11.5. The highest BCUT2D eigenvalue weighted by atomic mass is 32.2. The summed E-state index contributed by atoms with van der Waals surface area (Å²) in [6.45, 7) is 4.79. The fraction of sp³-hybridized carbons (Fsp3) is 0.536. The van der Waals surface area contributed by atoms with Gasteiger partial charge in [-0.2, -0.15) is 0 Å². The Bertz CT molecular complexity index is 957. The van der Waals surface area contributed by atoms with Crippen molar-refractivity contribution in [3.05, 3.63) is 71.8 Å². The van der Waals surface area contributed by atoms with Crippen LogP contribution < -0.4 is 0 Å². The van der Waals surface area contributed by atoms with E-state index in [-0.39, 0.29) is 17.5 Å². The van der Waals surface area contributed by atoms with E-state index in [2.05, 4.69) is 6.92 Å². The number of piperidine rings is 2. The Balaban J connectivity index is 1.32. The zero-order valence-electron chi connectivity index (χ0n) is 19.4. The molecule has 0 amide bonds. The molecule has 4 atom stereocenters. The Kier molecular flexibility index (Phi) is 5.35. The number of nitrogens with zero attached hydrogens (tertiary/aromatic N) is 1. The normalized spacial score (nSPS) is 31.0. The van der Waals surface area contributed by atoms with Crippen LogP contribution in [0.2, 0.25) is 0 Å². The number of quaternary nitrogens is 1. The smallest absolute Gasteiger partial charge is 0.348 e. The van der Waals surface area contributed by atoms with Crippen molar-refractivity contribution in [1.82, 2.24) is 0 Å². The molecule has 4 aliphatic rings. The highest BCUT2D eigenvalue weighted by Gasteiger charge is 2.86. The molecule has 2 saturated carbocycles. The van der Waals surface area contributed by atoms with Crippen LogP contribution in [0.4, 0.5) is 0 Å². The number of benzene rings is 2. The van der Waals surface area contributed by atoms with Gasteiger partial charge in [-0.15, -0.1) is 11.8 Å². The Morgan fingerprint density at radius 2 is 1.67 bits per heavy atom. The quantitative estimate of drug-likeness (QED) is 0.235. The summed E-state index contributed by atoms with van der Waals surface area (Å²) in [6.07, 6.45) is 6.30. The largest absolute Gasteiger partial charge is 0.458 e. The van der Waals surface area contributed by atoms with Gasteiger partial charge in [0.2, 0.25) is 5.60 Å². The fourth-order valence-electron chi connectivity index (χ4n) is 7.73. The molecule has 2 heterocycles. The molecule has 0 bridgehead atoms. The predicted molar refractivity (Wildman–Crippen MR) is 131 cm³/mol. The number of thioether (sulfide) groups is 1. The first-order valence-corrected chi connectivity index (χ1v) is 13.7. The SMILES string of the molecule is CCSCOC(C(=O)OC1CC2C13CCC3[N+]21CCCC1)(c1ccccc1)c1ccccc1. The van der Waals surface area contributed by atoms with Crippen molar-refractivity contribution < 1.29 is 18.8 Å². The average molecular weight is 465 g/mol. The van der Waals surface area contributed by atoms with Gasteiger partial charge < -0.3 is 14.0 Å². The number of carbonyl (C=O) groups excluding carboxylic acids is 1. The van der Waals surface area contributed by atoms with Crippen LogP contribution in [0.25, 0.3) is 0 Å². The molecule has 0 N–H and O–H groups in total. The molecule has 2 aliphatic carbocycles. The molecule has 33 heavy (non-hydrogen) atoms. The van der Waals surface area contributed by atoms with Gasteiger partial charge in [0.25, 0.3) is 0 Å². The summed E-state index contributed by atoms with van der Waals surface area (Å²) >= 11 is 1.68. The zero-order valence-corrected chi connectivity index (χ0v) is 20.3. The lowest BCUT2D eigenvalue weighted by molar-refractivity contribution is -1.05. The predicted octanol–water partition coefficient (Wildman–Crippen LogP) is 5.11. The Hall–Kier alpha value is -1.82. The third-order valence-electron chi connectivity index (χ3n) is 9.23. The van der Waals surface area contributed by atoms with Gasteiger partial charge in [0.1, 0.15) is 23.6 Å². The minimum Gasteiger partial charge on any atom is -0.458 e. The number of esters is 1. The number of hydrogen-bond acceptors (Lipinski definition) is 4. The highest BCUT2D eigenvalue weighted by Crippen LogP contribution is 2.73. The maximum atomic E-state index is 14.2. The zero-order chi connectivity index (χ0) is 22.5. The summed E-state index contributed by atoms with van der Waals surface area (Å²) < 4.78 is 14.3. The third-order valence-corrected chi connectivity index (χ3v) is 9.92. The molecular weight excluding hydrogens is 430 g/mol. The summed E-state index contributed by atoms with van der Waals surface area (Å²) in [6, 6.07) is 21.3. The summed E-state index contributed by atoms with van der Waals surface area (Å²) in [7, 11) is 0. The Labute approximate surface area is 201 Å². The van der Waals surface area contributed by atoms with Gasteiger partial charge in [0, 0.05) is 25.7 Å². The molecule has 5 heteroatoms. The highest BCUT2D eigenvalue weighted by molar-refractivity contribution is 7.99. The molecule has 0 aromatic heterocycles. The number of carbonyl (C=O) groups is 1. The van der Waals surface area contributed by atoms with Gasteiger partial charge in [-0.1, -0.05) is 67.6 Å². The molecule has 2 spiro atoms. The van der Waals surface area contributed by atoms with E-state index < -0.39 is 5.60 Å². The molecule has 4 fully saturated rings. The van der Waals surface area contributed by atoms with Crippen molar-refractivity contribution in [2.24, 2.45) is 5.41 Å². The van der Waals surface area contributed by atoms with E-state index in [0.717, 1.165) is 35.4 Å². The lowest BCUT2D eigenvalue weighted by Crippen LogP contribution is -2.94. The van der Waals surface area contributed by atoms with Crippen LogP contribution in [-0.4, -0.2) is 53.4 Å². The summed E-state index contributed by atoms with van der Waals surface area (Å²) in [5, 5.41) is 0. The third kappa shape index (κ3) is 2.88. The second kappa shape index (κ2) is 8.14. The first kappa shape index (κ1) is 21.7. The number of rotatable bonds is 8. The van der Waals surface area contributed by atoms with Crippen molar-refractivity contribution in [2.75, 3.05) is 24.8 Å². The van der Waals surface area contributed by atoms with Crippen LogP contribution in [0.5, 0.6) is 0 Å². The molecule has 174 valence electrons.